The van der Waals surface area contributed by atoms with Crippen molar-refractivity contribution in [2.24, 2.45) is 33.1 Å². The van der Waals surface area contributed by atoms with Gasteiger partial charge in [0, 0.05) is 0 Å². The minimum absolute atomic E-state index is 0.0372. The molecule has 0 aliphatic heterocycles. The van der Waals surface area contributed by atoms with E-state index in [2.05, 4.69) is 16.9 Å². The van der Waals surface area contributed by atoms with E-state index < -0.39 is 0 Å². The van der Waals surface area contributed by atoms with E-state index in [1.165, 1.54) is 25.7 Å². The van der Waals surface area contributed by atoms with E-state index in [1.54, 1.807) is 0 Å². The minimum Gasteiger partial charge on any atom is -0.370 e. The Morgan fingerprint density at radius 3 is 2.29 bits per heavy atom. The molecule has 1 saturated carbocycles. The van der Waals surface area contributed by atoms with Crippen LogP contribution in [-0.2, 0) is 0 Å². The first-order valence-corrected chi connectivity index (χ1v) is 5.02. The normalized spacial score (nSPS) is 20.8. The molecule has 1 fully saturated rings. The van der Waals surface area contributed by atoms with Gasteiger partial charge < -0.3 is 17.2 Å². The van der Waals surface area contributed by atoms with Gasteiger partial charge in [-0.15, -0.1) is 0 Å². The highest BCUT2D eigenvalue weighted by atomic mass is 15.1. The SMILES string of the molecule is CC(N=C(N)N=C(N)N)C1CCCC1. The van der Waals surface area contributed by atoms with Gasteiger partial charge in [0.25, 0.3) is 0 Å². The molecule has 0 aromatic heterocycles. The van der Waals surface area contributed by atoms with E-state index >= 15 is 0 Å². The van der Waals surface area contributed by atoms with E-state index in [0.717, 1.165) is 0 Å². The van der Waals surface area contributed by atoms with Gasteiger partial charge in [-0.2, -0.15) is 4.99 Å². The third-order valence-electron chi connectivity index (χ3n) is 2.66. The Balaban J connectivity index is 2.52. The Morgan fingerprint density at radius 2 is 1.79 bits per heavy atom. The molecule has 0 amide bonds. The summed E-state index contributed by atoms with van der Waals surface area (Å²) in [5, 5.41) is 0. The Kier molecular flexibility index (Phi) is 3.73. The number of hydrogen-bond donors (Lipinski definition) is 3. The maximum absolute atomic E-state index is 5.55. The average molecular weight is 197 g/mol. The van der Waals surface area contributed by atoms with Crippen LogP contribution in [0.5, 0.6) is 0 Å². The molecule has 14 heavy (non-hydrogen) atoms. The summed E-state index contributed by atoms with van der Waals surface area (Å²) < 4.78 is 0. The second-order valence-corrected chi connectivity index (χ2v) is 3.81. The number of aliphatic imine (C=N–C) groups is 2. The zero-order chi connectivity index (χ0) is 10.6. The zero-order valence-electron chi connectivity index (χ0n) is 8.61. The van der Waals surface area contributed by atoms with E-state index in [4.69, 9.17) is 17.2 Å². The lowest BCUT2D eigenvalue weighted by atomic mass is 10.0. The molecule has 1 atom stereocenters. The van der Waals surface area contributed by atoms with Crippen molar-refractivity contribution in [1.82, 2.24) is 0 Å². The van der Waals surface area contributed by atoms with Crippen molar-refractivity contribution in [2.75, 3.05) is 0 Å². The Labute approximate surface area is 84.5 Å². The van der Waals surface area contributed by atoms with Crippen LogP contribution in [0.3, 0.4) is 0 Å². The first kappa shape index (κ1) is 10.8. The lowest BCUT2D eigenvalue weighted by molar-refractivity contribution is 0.459. The Hall–Kier alpha value is -1.26. The maximum atomic E-state index is 5.55. The third-order valence-corrected chi connectivity index (χ3v) is 2.66. The zero-order valence-corrected chi connectivity index (χ0v) is 8.61. The summed E-state index contributed by atoms with van der Waals surface area (Å²) in [6.07, 6.45) is 5.07. The number of hydrogen-bond acceptors (Lipinski definition) is 1. The molecule has 0 aromatic rings. The molecule has 0 radical (unpaired) electrons. The molecule has 0 aromatic carbocycles. The third kappa shape index (κ3) is 3.24. The topological polar surface area (TPSA) is 103 Å². The highest BCUT2D eigenvalue weighted by Crippen LogP contribution is 2.28. The number of rotatable bonds is 2. The van der Waals surface area contributed by atoms with Gasteiger partial charge in [-0.3, -0.25) is 0 Å². The molecule has 6 N–H and O–H groups in total. The Morgan fingerprint density at radius 1 is 1.21 bits per heavy atom. The average Bonchev–Trinajstić information content (AvgIpc) is 2.53. The molecule has 0 heterocycles. The summed E-state index contributed by atoms with van der Waals surface area (Å²) >= 11 is 0. The second kappa shape index (κ2) is 4.83. The van der Waals surface area contributed by atoms with Crippen molar-refractivity contribution in [2.45, 2.75) is 38.6 Å². The van der Waals surface area contributed by atoms with Gasteiger partial charge in [-0.1, -0.05) is 12.8 Å². The molecule has 0 spiro atoms. The van der Waals surface area contributed by atoms with Crippen LogP contribution in [0.25, 0.3) is 0 Å². The van der Waals surface area contributed by atoms with Gasteiger partial charge in [0.05, 0.1) is 6.04 Å². The molecule has 0 bridgehead atoms. The van der Waals surface area contributed by atoms with Crippen LogP contribution in [0.4, 0.5) is 0 Å². The summed E-state index contributed by atoms with van der Waals surface area (Å²) in [5.41, 5.74) is 15.9. The maximum Gasteiger partial charge on any atom is 0.218 e. The van der Waals surface area contributed by atoms with Crippen molar-refractivity contribution in [3.05, 3.63) is 0 Å². The predicted octanol–water partition coefficient (Wildman–Crippen LogP) is 0.153. The quantitative estimate of drug-likeness (QED) is 0.433. The van der Waals surface area contributed by atoms with Crippen molar-refractivity contribution >= 4 is 11.9 Å². The molecule has 5 nitrogen and oxygen atoms in total. The molecule has 1 aliphatic carbocycles. The molecule has 5 heteroatoms. The van der Waals surface area contributed by atoms with E-state index in [9.17, 15) is 0 Å². The van der Waals surface area contributed by atoms with E-state index in [-0.39, 0.29) is 18.0 Å². The van der Waals surface area contributed by atoms with E-state index in [1.807, 2.05) is 0 Å². The summed E-state index contributed by atoms with van der Waals surface area (Å²) in [6.45, 7) is 2.06. The van der Waals surface area contributed by atoms with Crippen molar-refractivity contribution in [3.8, 4) is 0 Å². The smallest absolute Gasteiger partial charge is 0.218 e. The van der Waals surface area contributed by atoms with Crippen molar-refractivity contribution in [3.63, 3.8) is 0 Å². The molecule has 1 aliphatic rings. The van der Waals surface area contributed by atoms with Gasteiger partial charge in [-0.25, -0.2) is 4.99 Å². The van der Waals surface area contributed by atoms with Crippen LogP contribution in [0.2, 0.25) is 0 Å². The predicted molar refractivity (Wildman–Crippen MR) is 58.9 cm³/mol. The molecule has 0 saturated heterocycles. The van der Waals surface area contributed by atoms with Crippen LogP contribution >= 0.6 is 0 Å². The fourth-order valence-electron chi connectivity index (χ4n) is 1.91. The fourth-order valence-corrected chi connectivity index (χ4v) is 1.91. The molecule has 80 valence electrons. The largest absolute Gasteiger partial charge is 0.370 e. The summed E-state index contributed by atoms with van der Waals surface area (Å²) in [5.74, 6) is 0.789. The number of guanidine groups is 2. The minimum atomic E-state index is -0.0372. The van der Waals surface area contributed by atoms with Crippen molar-refractivity contribution in [1.29, 1.82) is 0 Å². The van der Waals surface area contributed by atoms with Crippen LogP contribution < -0.4 is 17.2 Å². The Bertz CT molecular complexity index is 236. The van der Waals surface area contributed by atoms with Crippen LogP contribution in [-0.4, -0.2) is 18.0 Å². The van der Waals surface area contributed by atoms with Crippen LogP contribution in [0.1, 0.15) is 32.6 Å². The first-order valence-electron chi connectivity index (χ1n) is 5.02. The van der Waals surface area contributed by atoms with Crippen LogP contribution in [0, 0.1) is 5.92 Å². The molecule has 1 rings (SSSR count). The highest BCUT2D eigenvalue weighted by molar-refractivity contribution is 5.92. The van der Waals surface area contributed by atoms with Gasteiger partial charge in [-0.05, 0) is 25.7 Å². The highest BCUT2D eigenvalue weighted by Gasteiger charge is 2.20. The lowest BCUT2D eigenvalue weighted by Crippen LogP contribution is -2.27. The summed E-state index contributed by atoms with van der Waals surface area (Å²) in [6, 6.07) is 0.223. The van der Waals surface area contributed by atoms with Crippen LogP contribution in [0.15, 0.2) is 9.98 Å². The van der Waals surface area contributed by atoms with Gasteiger partial charge in [0.1, 0.15) is 0 Å². The lowest BCUT2D eigenvalue weighted by Gasteiger charge is -2.13. The summed E-state index contributed by atoms with van der Waals surface area (Å²) in [7, 11) is 0. The molecule has 1 unspecified atom stereocenters. The second-order valence-electron chi connectivity index (χ2n) is 3.81. The first-order chi connectivity index (χ1) is 6.59. The van der Waals surface area contributed by atoms with Gasteiger partial charge in [0.2, 0.25) is 5.96 Å². The number of nitrogens with two attached hydrogens (primary N) is 3. The monoisotopic (exact) mass is 197 g/mol. The number of nitrogens with zero attached hydrogens (tertiary/aromatic N) is 2. The van der Waals surface area contributed by atoms with Crippen molar-refractivity contribution < 1.29 is 0 Å². The molecular weight excluding hydrogens is 178 g/mol. The van der Waals surface area contributed by atoms with E-state index in [0.29, 0.717) is 5.92 Å². The fraction of sp³-hybridized carbons (Fsp3) is 0.778. The standard InChI is InChI=1S/C9H19N5/c1-6(7-4-2-3-5-7)13-9(12)14-8(10)11/h6-7H,2-5H2,1H3,(H6,10,11,12,13,14). The molecular formula is C9H19N5. The van der Waals surface area contributed by atoms with Gasteiger partial charge in [0.15, 0.2) is 5.96 Å². The van der Waals surface area contributed by atoms with Gasteiger partial charge >= 0.3 is 0 Å². The summed E-state index contributed by atoms with van der Waals surface area (Å²) in [4.78, 5) is 7.93.